The lowest BCUT2D eigenvalue weighted by molar-refractivity contribution is -0.142. The van der Waals surface area contributed by atoms with E-state index in [1.165, 1.54) is 45.1 Å². The second-order valence-electron chi connectivity index (χ2n) is 35.2. The zero-order chi connectivity index (χ0) is 103. The number of unbranched alkanes of at least 4 members (excludes halogenated alkanes) is 2. The van der Waals surface area contributed by atoms with Gasteiger partial charge in [-0.15, -0.1) is 0 Å². The fourth-order valence-electron chi connectivity index (χ4n) is 14.3. The van der Waals surface area contributed by atoms with E-state index in [0.29, 0.717) is 18.4 Å². The number of aliphatic hydroxyl groups is 3. The Balaban J connectivity index is 1.89. The maximum Gasteiger partial charge on any atom is 0.303 e. The molecule has 50 nitrogen and oxygen atoms in total. The fraction of sp³-hybridized carbons (Fsp3) is 0.655. The number of aliphatic carboxylic acids is 1. The Kier molecular flexibility index (Phi) is 52.8. The number of rotatable bonds is 63. The van der Waals surface area contributed by atoms with Crippen LogP contribution < -0.4 is 119 Å². The van der Waals surface area contributed by atoms with Gasteiger partial charge in [0.2, 0.25) is 112 Å². The largest absolute Gasteiger partial charge is 0.481 e. The lowest BCUT2D eigenvalue weighted by atomic mass is 9.99. The van der Waals surface area contributed by atoms with Crippen molar-refractivity contribution in [3.05, 3.63) is 54.1 Å². The van der Waals surface area contributed by atoms with Crippen molar-refractivity contribution in [3.63, 3.8) is 0 Å². The number of aliphatic hydroxyl groups excluding tert-OH is 3. The number of primary amides is 1. The van der Waals surface area contributed by atoms with E-state index in [9.17, 15) is 116 Å². The number of amides is 19. The highest BCUT2D eigenvalue weighted by Gasteiger charge is 2.43. The van der Waals surface area contributed by atoms with Crippen molar-refractivity contribution in [2.45, 2.75) is 294 Å². The summed E-state index contributed by atoms with van der Waals surface area (Å²) in [7, 11) is 0. The monoisotopic (exact) mass is 1940 g/mol. The number of carboxylic acid groups (broad SMARTS) is 1. The van der Waals surface area contributed by atoms with E-state index in [4.69, 9.17) is 34.1 Å². The average molecular weight is 1940 g/mol. The second kappa shape index (κ2) is 61.2. The number of guanidine groups is 1. The SMILES string of the molecule is CC(=O)NC(=O)[C@H](CCC(=O)O)NC(=O)[C@H](CCCCN)NC(=O)[C@H](CO)NC(=O)[C@H](CCCNC(=N)N)NC(=O)[C@H](CCCCN)NC(=O)[C@H](CO)NC(=O)[C@@H](NC(=O)[C@H](Cc1cnc[nH]1)NC(=O)[C@H](CC(C)C)NC(=O)[C@H](CCC(N)=O)NC(=O)[C@@H](NC(=O)[C@H](C)NC(=O)[C@H](CC(C)C)NC(=O)[C@@H]1CCCN1C(=O)[C@H](Cc1ccccc1)NC(=O)[C@H](CO)NC(=O)[C@H](C)N)C(C)C)C(C)C. The first-order chi connectivity index (χ1) is 64.6. The topological polar surface area (TPSA) is 813 Å². The molecular weight excluding hydrogens is 1790 g/mol. The summed E-state index contributed by atoms with van der Waals surface area (Å²) in [6, 6.07) is -17.0. The number of aromatic nitrogens is 2. The first-order valence-corrected chi connectivity index (χ1v) is 45.9. The molecule has 0 unspecified atom stereocenters. The maximum absolute atomic E-state index is 14.8. The zero-order valence-corrected chi connectivity index (χ0v) is 79.6. The fourth-order valence-corrected chi connectivity index (χ4v) is 14.3. The van der Waals surface area contributed by atoms with E-state index < -0.39 is 290 Å². The zero-order valence-electron chi connectivity index (χ0n) is 79.6. The van der Waals surface area contributed by atoms with Crippen molar-refractivity contribution in [2.75, 3.05) is 46.0 Å². The van der Waals surface area contributed by atoms with Gasteiger partial charge in [0.05, 0.1) is 32.2 Å². The third-order valence-electron chi connectivity index (χ3n) is 21.8. The number of imidazole rings is 1. The number of aromatic amines is 1. The molecule has 1 fully saturated rings. The molecule has 1 saturated heterocycles. The number of H-pyrrole nitrogens is 1. The summed E-state index contributed by atoms with van der Waals surface area (Å²) in [6.45, 7) is 13.9. The first-order valence-electron chi connectivity index (χ1n) is 45.9. The molecule has 1 aromatic carbocycles. The first kappa shape index (κ1) is 118. The van der Waals surface area contributed by atoms with Gasteiger partial charge in [0.15, 0.2) is 5.96 Å². The molecule has 0 bridgehead atoms. The van der Waals surface area contributed by atoms with Crippen molar-refractivity contribution in [3.8, 4) is 0 Å². The normalized spacial score (nSPS) is 15.9. The van der Waals surface area contributed by atoms with Crippen LogP contribution in [0.25, 0.3) is 0 Å². The lowest BCUT2D eigenvalue weighted by Crippen LogP contribution is -2.62. The van der Waals surface area contributed by atoms with Crippen molar-refractivity contribution in [1.29, 1.82) is 5.41 Å². The summed E-state index contributed by atoms with van der Waals surface area (Å²) >= 11 is 0. The van der Waals surface area contributed by atoms with Gasteiger partial charge in [-0.25, -0.2) is 4.98 Å². The predicted octanol–water partition coefficient (Wildman–Crippen LogP) is -8.48. The molecule has 1 aliphatic rings. The number of likely N-dealkylation sites (tertiary alicyclic amines) is 1. The van der Waals surface area contributed by atoms with Gasteiger partial charge in [-0.05, 0) is 146 Å². The van der Waals surface area contributed by atoms with Crippen LogP contribution in [0.2, 0.25) is 0 Å². The molecule has 137 heavy (non-hydrogen) atoms. The number of nitrogens with two attached hydrogens (primary N) is 5. The number of benzene rings is 1. The molecule has 50 heteroatoms. The quantitative estimate of drug-likeness (QED) is 0.0166. The number of imide groups is 1. The number of hydrogen-bond acceptors (Lipinski definition) is 28. The van der Waals surface area contributed by atoms with Gasteiger partial charge in [-0.3, -0.25) is 107 Å². The Bertz CT molecular complexity index is 4370. The van der Waals surface area contributed by atoms with E-state index in [0.717, 1.165) is 6.92 Å². The number of hydrogen-bond donors (Lipinski definition) is 28. The number of carbonyl (C=O) groups is 20. The minimum absolute atomic E-state index is 0.0118. The molecule has 1 aliphatic heterocycles. The van der Waals surface area contributed by atoms with E-state index in [2.05, 4.69) is 95.0 Å². The molecule has 2 aromatic rings. The molecule has 766 valence electrons. The standard InChI is InChI=1S/C87H144N26O24/c1-44(2)35-58(106-83(134)65-26-20-34-113(65)86(137)61(37-51-21-13-12-14-22-51)107-82(133)62(40-114)108-70(121)48(9)90)77(128)97-49(10)71(122)111-68(46(5)6)84(135)103-56(27-29-66(91)118)76(127)104-59(36-45(3)4)78(129)105-60(38-52-39-94-43-96-52)79(130)112-69(47(7)8)85(136)110-64(42-116)81(132)101-53(23-15-17-31-88)73(124)99-55(25-19-33-95-87(92)93)75(126)109-63(41-115)80(131)100-54(24-16-18-32-89)74(125)102-57(28-30-67(119)120)72(123)98-50(11)117/h12-14,21-22,39,43-49,53-65,68-69,114-116H,15-20,23-38,40-42,88-90H2,1-11H3,(H2,91,118)(H,94,96)(H,97,128)(H,99,124)(H,100,131)(H,101,132)(H,102,125)(H,103,135)(H,104,127)(H,105,129)(H,106,134)(H,107,133)(H,108,121)(H,109,126)(H,110,136)(H,111,122)(H,112,130)(H,119,120)(H4,92,93,95)(H,98,117,123)/t48-,49-,53-,54-,55-,56-,57-,58-,59-,60-,61-,62-,63-,64-,65-,68-,69-/m0/s1. The highest BCUT2D eigenvalue weighted by molar-refractivity contribution is 6.03. The van der Waals surface area contributed by atoms with Gasteiger partial charge in [-0.1, -0.05) is 85.7 Å². The van der Waals surface area contributed by atoms with Crippen LogP contribution in [-0.4, -0.2) is 308 Å². The molecule has 3 rings (SSSR count). The van der Waals surface area contributed by atoms with Crippen molar-refractivity contribution in [1.82, 2.24) is 105 Å². The number of nitrogens with one attached hydrogen (secondary N) is 19. The minimum Gasteiger partial charge on any atom is -0.481 e. The number of carbonyl (C=O) groups excluding carboxylic acids is 19. The molecule has 33 N–H and O–H groups in total. The molecule has 1 aromatic heterocycles. The van der Waals surface area contributed by atoms with Crippen molar-refractivity contribution in [2.24, 2.45) is 52.3 Å². The van der Waals surface area contributed by atoms with E-state index in [1.807, 2.05) is 5.32 Å². The summed E-state index contributed by atoms with van der Waals surface area (Å²) in [5.74, 6) is -22.2. The van der Waals surface area contributed by atoms with Gasteiger partial charge in [0, 0.05) is 57.6 Å². The van der Waals surface area contributed by atoms with Crippen molar-refractivity contribution >= 4 is 124 Å². The van der Waals surface area contributed by atoms with Crippen LogP contribution >= 0.6 is 0 Å². The predicted molar refractivity (Wildman–Crippen MR) is 494 cm³/mol. The van der Waals surface area contributed by atoms with Crippen LogP contribution in [0.5, 0.6) is 0 Å². The summed E-state index contributed by atoms with van der Waals surface area (Å²) in [5, 5.41) is 90.5. The van der Waals surface area contributed by atoms with E-state index >= 15 is 0 Å². The van der Waals surface area contributed by atoms with Crippen LogP contribution in [0.4, 0.5) is 0 Å². The molecule has 0 aliphatic carbocycles. The Hall–Kier alpha value is -12.9. The van der Waals surface area contributed by atoms with Crippen LogP contribution in [0.1, 0.15) is 190 Å². The molecule has 0 radical (unpaired) electrons. The van der Waals surface area contributed by atoms with Gasteiger partial charge < -0.3 is 144 Å². The third kappa shape index (κ3) is 42.9. The summed E-state index contributed by atoms with van der Waals surface area (Å²) < 4.78 is 0. The Morgan fingerprint density at radius 3 is 1.28 bits per heavy atom. The van der Waals surface area contributed by atoms with Crippen molar-refractivity contribution < 1.29 is 116 Å². The summed E-state index contributed by atoms with van der Waals surface area (Å²) in [4.78, 5) is 284. The molecule has 17 atom stereocenters. The van der Waals surface area contributed by atoms with Crippen LogP contribution in [0, 0.1) is 29.1 Å². The van der Waals surface area contributed by atoms with E-state index in [-0.39, 0.29) is 115 Å². The maximum atomic E-state index is 14.8. The molecule has 0 saturated carbocycles. The van der Waals surface area contributed by atoms with Gasteiger partial charge in [0.25, 0.3) is 0 Å². The average Bonchev–Trinajstić information content (AvgIpc) is 1.73. The molecule has 2 heterocycles. The Morgan fingerprint density at radius 1 is 0.453 bits per heavy atom. The number of carboxylic acids is 1. The van der Waals surface area contributed by atoms with Crippen LogP contribution in [-0.2, 0) is 109 Å². The van der Waals surface area contributed by atoms with Crippen LogP contribution in [0.3, 0.4) is 0 Å². The lowest BCUT2D eigenvalue weighted by Gasteiger charge is -2.31. The minimum atomic E-state index is -1.88. The molecule has 0 spiro atoms. The third-order valence-corrected chi connectivity index (χ3v) is 21.8. The van der Waals surface area contributed by atoms with Crippen LogP contribution in [0.15, 0.2) is 42.9 Å². The molecule has 19 amide bonds. The molecular formula is C87H144N26O24. The Labute approximate surface area is 794 Å². The summed E-state index contributed by atoms with van der Waals surface area (Å²) in [5.41, 5.74) is 29.1. The van der Waals surface area contributed by atoms with Gasteiger partial charge >= 0.3 is 5.97 Å². The highest BCUT2D eigenvalue weighted by Crippen LogP contribution is 2.22. The van der Waals surface area contributed by atoms with Gasteiger partial charge in [-0.2, -0.15) is 0 Å². The summed E-state index contributed by atoms with van der Waals surface area (Å²) in [6.07, 6.45) is 0.834. The number of nitrogens with zero attached hydrogens (tertiary/aromatic N) is 2. The van der Waals surface area contributed by atoms with Gasteiger partial charge in [0.1, 0.15) is 96.7 Å². The smallest absolute Gasteiger partial charge is 0.303 e. The second-order valence-corrected chi connectivity index (χ2v) is 35.2. The highest BCUT2D eigenvalue weighted by atomic mass is 16.4. The Morgan fingerprint density at radius 2 is 0.847 bits per heavy atom. The van der Waals surface area contributed by atoms with E-state index in [1.54, 1.807) is 71.9 Å².